The molecule has 0 unspecified atom stereocenters. The number of methoxy groups -OCH3 is 2. The fraction of sp³-hybridized carbons (Fsp3) is 0.294. The summed E-state index contributed by atoms with van der Waals surface area (Å²) in [5.74, 6) is 0.204. The average molecular weight is 600 g/mol. The Morgan fingerprint density at radius 2 is 1.73 bits per heavy atom. The predicted molar refractivity (Wildman–Crippen MR) is 168 cm³/mol. The second-order valence-electron chi connectivity index (χ2n) is 11.8. The first-order valence-electron chi connectivity index (χ1n) is 14.5. The molecule has 0 atom stereocenters. The number of nitrogens with one attached hydrogen (secondary N) is 1. The van der Waals surface area contributed by atoms with E-state index in [0.29, 0.717) is 39.3 Å². The van der Waals surface area contributed by atoms with Gasteiger partial charge in [-0.15, -0.1) is 0 Å². The molecule has 4 heterocycles. The molecule has 0 saturated carbocycles. The highest BCUT2D eigenvalue weighted by atomic mass is 19.1. The monoisotopic (exact) mass is 599 g/mol. The van der Waals surface area contributed by atoms with E-state index in [9.17, 15) is 13.9 Å². The minimum Gasteiger partial charge on any atom is -0.497 e. The van der Waals surface area contributed by atoms with Crippen LogP contribution in [-0.2, 0) is 6.54 Å². The van der Waals surface area contributed by atoms with E-state index in [0.717, 1.165) is 37.2 Å². The van der Waals surface area contributed by atoms with Gasteiger partial charge >= 0.3 is 0 Å². The first-order valence-corrected chi connectivity index (χ1v) is 14.5. The lowest BCUT2D eigenvalue weighted by molar-refractivity contribution is 0.280. The Labute approximate surface area is 254 Å². The predicted octanol–water partition coefficient (Wildman–Crippen LogP) is 7.52. The molecule has 2 N–H and O–H groups in total. The molecule has 6 rings (SSSR count). The number of pyridine rings is 2. The van der Waals surface area contributed by atoms with Crippen molar-refractivity contribution in [1.82, 2.24) is 14.5 Å². The SMILES string of the molecule is COc1ccc(Cn2cc3nc(-c4c(F)cccc4F)cc(Nc4ccc(N5CCC(C)(C)CC5)cn4)c3c2O)c(OC)c1. The zero-order chi connectivity index (χ0) is 31.0. The van der Waals surface area contributed by atoms with Gasteiger partial charge in [-0.25, -0.2) is 18.7 Å². The third-order valence-corrected chi connectivity index (χ3v) is 8.37. The number of rotatable bonds is 8. The summed E-state index contributed by atoms with van der Waals surface area (Å²) in [6.07, 6.45) is 5.68. The first-order chi connectivity index (χ1) is 21.2. The van der Waals surface area contributed by atoms with Gasteiger partial charge in [0.05, 0.1) is 60.5 Å². The molecule has 1 aliphatic rings. The number of aromatic nitrogens is 3. The Hall–Kier alpha value is -4.86. The third-order valence-electron chi connectivity index (χ3n) is 8.37. The van der Waals surface area contributed by atoms with Crippen molar-refractivity contribution >= 4 is 28.1 Å². The molecule has 10 heteroatoms. The molecule has 3 aromatic heterocycles. The molecule has 0 bridgehead atoms. The van der Waals surface area contributed by atoms with Gasteiger partial charge in [-0.1, -0.05) is 19.9 Å². The van der Waals surface area contributed by atoms with Crippen LogP contribution in [0.3, 0.4) is 0 Å². The van der Waals surface area contributed by atoms with Gasteiger partial charge in [-0.3, -0.25) is 0 Å². The Kier molecular flexibility index (Phi) is 7.75. The standard InChI is InChI=1S/C34H35F2N5O3/c1-34(2)12-14-40(15-13-34)22-9-11-30(37-18-22)39-27-17-26(31-24(35)6-5-7-25(31)36)38-28-20-41(33(42)32(27)28)19-21-8-10-23(43-3)16-29(21)44-4/h5-11,16-18,20,42H,12-15,19H2,1-4H3,(H,37,39). The quantitative estimate of drug-likeness (QED) is 0.191. The van der Waals surface area contributed by atoms with Gasteiger partial charge in [0.2, 0.25) is 5.88 Å². The van der Waals surface area contributed by atoms with Gasteiger partial charge in [0.25, 0.3) is 0 Å². The number of piperidine rings is 1. The third kappa shape index (κ3) is 5.71. The van der Waals surface area contributed by atoms with E-state index in [-0.39, 0.29) is 23.7 Å². The van der Waals surface area contributed by atoms with Crippen molar-refractivity contribution in [3.63, 3.8) is 0 Å². The van der Waals surface area contributed by atoms with Gasteiger partial charge in [0.15, 0.2) is 0 Å². The number of ether oxygens (including phenoxy) is 2. The lowest BCUT2D eigenvalue weighted by Crippen LogP contribution is -2.37. The summed E-state index contributed by atoms with van der Waals surface area (Å²) < 4.78 is 42.2. The van der Waals surface area contributed by atoms with Crippen LogP contribution < -0.4 is 19.7 Å². The smallest absolute Gasteiger partial charge is 0.203 e. The lowest BCUT2D eigenvalue weighted by Gasteiger charge is -2.38. The molecule has 0 amide bonds. The van der Waals surface area contributed by atoms with E-state index in [1.165, 1.54) is 24.3 Å². The minimum absolute atomic E-state index is 0.0685. The Bertz CT molecular complexity index is 1790. The Morgan fingerprint density at radius 3 is 2.39 bits per heavy atom. The second-order valence-corrected chi connectivity index (χ2v) is 11.8. The highest BCUT2D eigenvalue weighted by molar-refractivity contribution is 5.99. The molecule has 5 aromatic rings. The molecule has 1 fully saturated rings. The largest absolute Gasteiger partial charge is 0.497 e. The Balaban J connectivity index is 1.39. The van der Waals surface area contributed by atoms with E-state index >= 15 is 0 Å². The van der Waals surface area contributed by atoms with E-state index in [2.05, 4.69) is 34.0 Å². The zero-order valence-corrected chi connectivity index (χ0v) is 25.2. The number of benzene rings is 2. The molecule has 8 nitrogen and oxygen atoms in total. The molecule has 1 aliphatic heterocycles. The molecule has 2 aromatic carbocycles. The molecule has 0 aliphatic carbocycles. The number of aromatic hydroxyl groups is 1. The van der Waals surface area contributed by atoms with Crippen LogP contribution in [0.15, 0.2) is 67.0 Å². The van der Waals surface area contributed by atoms with Crippen molar-refractivity contribution in [3.8, 4) is 28.6 Å². The fourth-order valence-electron chi connectivity index (χ4n) is 5.66. The highest BCUT2D eigenvalue weighted by Crippen LogP contribution is 2.39. The van der Waals surface area contributed by atoms with Gasteiger partial charge in [0, 0.05) is 30.9 Å². The lowest BCUT2D eigenvalue weighted by atomic mass is 9.82. The van der Waals surface area contributed by atoms with Crippen molar-refractivity contribution in [2.45, 2.75) is 33.2 Å². The van der Waals surface area contributed by atoms with Crippen LogP contribution in [0.2, 0.25) is 0 Å². The van der Waals surface area contributed by atoms with Gasteiger partial charge in [-0.05, 0) is 60.7 Å². The number of anilines is 3. The minimum atomic E-state index is -0.735. The fourth-order valence-corrected chi connectivity index (χ4v) is 5.66. The number of hydrogen-bond donors (Lipinski definition) is 2. The normalized spacial score (nSPS) is 14.5. The van der Waals surface area contributed by atoms with Gasteiger partial charge in [0.1, 0.15) is 29.0 Å². The average Bonchev–Trinajstić information content (AvgIpc) is 3.32. The van der Waals surface area contributed by atoms with E-state index in [1.807, 2.05) is 30.5 Å². The maximum atomic E-state index is 14.9. The van der Waals surface area contributed by atoms with Crippen molar-refractivity contribution in [2.75, 3.05) is 37.5 Å². The summed E-state index contributed by atoms with van der Waals surface area (Å²) in [6.45, 7) is 6.76. The summed E-state index contributed by atoms with van der Waals surface area (Å²) >= 11 is 0. The van der Waals surface area contributed by atoms with E-state index in [1.54, 1.807) is 31.0 Å². The van der Waals surface area contributed by atoms with Gasteiger partial charge in [-0.2, -0.15) is 0 Å². The summed E-state index contributed by atoms with van der Waals surface area (Å²) in [6, 6.07) is 14.5. The van der Waals surface area contributed by atoms with Crippen LogP contribution in [0.5, 0.6) is 17.4 Å². The number of halogens is 2. The van der Waals surface area contributed by atoms with Crippen molar-refractivity contribution in [1.29, 1.82) is 0 Å². The van der Waals surface area contributed by atoms with E-state index in [4.69, 9.17) is 9.47 Å². The van der Waals surface area contributed by atoms with Crippen LogP contribution in [0, 0.1) is 17.0 Å². The second kappa shape index (κ2) is 11.7. The maximum Gasteiger partial charge on any atom is 0.203 e. The number of fused-ring (bicyclic) bond motifs is 1. The summed E-state index contributed by atoms with van der Waals surface area (Å²) in [4.78, 5) is 11.5. The zero-order valence-electron chi connectivity index (χ0n) is 25.2. The molecule has 0 radical (unpaired) electrons. The van der Waals surface area contributed by atoms with Crippen LogP contribution in [0.4, 0.5) is 26.0 Å². The van der Waals surface area contributed by atoms with Crippen LogP contribution in [0.1, 0.15) is 32.3 Å². The molecule has 0 spiro atoms. The van der Waals surface area contributed by atoms with Crippen LogP contribution in [0.25, 0.3) is 22.2 Å². The summed E-state index contributed by atoms with van der Waals surface area (Å²) in [7, 11) is 3.14. The molecular formula is C34H35F2N5O3. The van der Waals surface area contributed by atoms with Gasteiger partial charge < -0.3 is 29.4 Å². The summed E-state index contributed by atoms with van der Waals surface area (Å²) in [5, 5.41) is 15.1. The highest BCUT2D eigenvalue weighted by Gasteiger charge is 2.26. The molecule has 44 heavy (non-hydrogen) atoms. The number of hydrogen-bond acceptors (Lipinski definition) is 7. The Morgan fingerprint density at radius 1 is 0.977 bits per heavy atom. The van der Waals surface area contributed by atoms with Crippen molar-refractivity contribution in [2.24, 2.45) is 5.41 Å². The van der Waals surface area contributed by atoms with Crippen molar-refractivity contribution in [3.05, 3.63) is 84.2 Å². The molecule has 228 valence electrons. The summed E-state index contributed by atoms with van der Waals surface area (Å²) in [5.41, 5.74) is 2.75. The van der Waals surface area contributed by atoms with Crippen LogP contribution in [-0.4, -0.2) is 47.0 Å². The molecular weight excluding hydrogens is 564 g/mol. The van der Waals surface area contributed by atoms with E-state index < -0.39 is 11.6 Å². The molecule has 1 saturated heterocycles. The number of nitrogens with zero attached hydrogens (tertiary/aromatic N) is 4. The first kappa shape index (κ1) is 29.2. The van der Waals surface area contributed by atoms with Crippen LogP contribution >= 0.6 is 0 Å². The van der Waals surface area contributed by atoms with Crippen molar-refractivity contribution < 1.29 is 23.4 Å². The topological polar surface area (TPSA) is 84.7 Å². The maximum absolute atomic E-state index is 14.9.